The first-order valence-electron chi connectivity index (χ1n) is 4.20. The van der Waals surface area contributed by atoms with Gasteiger partial charge in [-0.2, -0.15) is 0 Å². The van der Waals surface area contributed by atoms with Crippen molar-refractivity contribution < 1.29 is 19.5 Å². The number of hydrogen-bond acceptors (Lipinski definition) is 3. The predicted octanol–water partition coefficient (Wildman–Crippen LogP) is 0.165. The number of amides is 1. The zero-order chi connectivity index (χ0) is 9.84. The van der Waals surface area contributed by atoms with Crippen LogP contribution in [0.4, 0.5) is 0 Å². The summed E-state index contributed by atoms with van der Waals surface area (Å²) in [4.78, 5) is 26.2. The van der Waals surface area contributed by atoms with E-state index in [2.05, 4.69) is 10.3 Å². The Kier molecular flexibility index (Phi) is 3.25. The van der Waals surface area contributed by atoms with E-state index in [1.807, 2.05) is 0 Å². The molecule has 1 aliphatic carbocycles. The first-order chi connectivity index (χ1) is 6.15. The van der Waals surface area contributed by atoms with Gasteiger partial charge in [-0.3, -0.25) is 14.4 Å². The van der Waals surface area contributed by atoms with Crippen molar-refractivity contribution in [2.45, 2.75) is 19.3 Å². The van der Waals surface area contributed by atoms with E-state index in [9.17, 15) is 9.59 Å². The SMILES string of the molecule is CONC(=O)C1CCC(C(=O)O)C1. The van der Waals surface area contributed by atoms with Crippen LogP contribution in [0, 0.1) is 11.8 Å². The zero-order valence-electron chi connectivity index (χ0n) is 7.45. The van der Waals surface area contributed by atoms with Gasteiger partial charge >= 0.3 is 5.97 Å². The van der Waals surface area contributed by atoms with Gasteiger partial charge in [0.1, 0.15) is 0 Å². The van der Waals surface area contributed by atoms with E-state index in [1.165, 1.54) is 7.11 Å². The first-order valence-corrected chi connectivity index (χ1v) is 4.20. The molecule has 0 bridgehead atoms. The number of hydroxylamine groups is 1. The monoisotopic (exact) mass is 187 g/mol. The molecular formula is C8H13NO4. The Labute approximate surface area is 76.0 Å². The number of carboxylic acid groups (broad SMARTS) is 1. The van der Waals surface area contributed by atoms with Crippen LogP contribution in [0.3, 0.4) is 0 Å². The molecule has 0 saturated heterocycles. The van der Waals surface area contributed by atoms with Crippen LogP contribution in [-0.2, 0) is 14.4 Å². The molecule has 0 spiro atoms. The molecule has 2 N–H and O–H groups in total. The Balaban J connectivity index is 2.40. The molecule has 1 saturated carbocycles. The van der Waals surface area contributed by atoms with Crippen LogP contribution in [0.25, 0.3) is 0 Å². The van der Waals surface area contributed by atoms with Gasteiger partial charge in [0.05, 0.1) is 13.0 Å². The minimum atomic E-state index is -0.812. The third kappa shape index (κ3) is 2.42. The van der Waals surface area contributed by atoms with E-state index in [-0.39, 0.29) is 17.7 Å². The molecule has 1 fully saturated rings. The van der Waals surface area contributed by atoms with Crippen molar-refractivity contribution in [2.24, 2.45) is 11.8 Å². The number of hydrogen-bond donors (Lipinski definition) is 2. The fourth-order valence-electron chi connectivity index (χ4n) is 1.63. The normalized spacial score (nSPS) is 27.2. The standard InChI is InChI=1S/C8H13NO4/c1-13-9-7(10)5-2-3-6(4-5)8(11)12/h5-6H,2-4H2,1H3,(H,9,10)(H,11,12). The fraction of sp³-hybridized carbons (Fsp3) is 0.750. The number of nitrogens with one attached hydrogen (secondary N) is 1. The third-order valence-corrected chi connectivity index (χ3v) is 2.36. The Bertz CT molecular complexity index is 216. The molecular weight excluding hydrogens is 174 g/mol. The van der Waals surface area contributed by atoms with Crippen molar-refractivity contribution in [3.63, 3.8) is 0 Å². The molecule has 2 unspecified atom stereocenters. The largest absolute Gasteiger partial charge is 0.481 e. The van der Waals surface area contributed by atoms with Gasteiger partial charge < -0.3 is 5.11 Å². The molecule has 1 rings (SSSR count). The van der Waals surface area contributed by atoms with E-state index >= 15 is 0 Å². The molecule has 0 radical (unpaired) electrons. The molecule has 0 aromatic rings. The Morgan fingerprint density at radius 3 is 2.46 bits per heavy atom. The second-order valence-electron chi connectivity index (χ2n) is 3.22. The van der Waals surface area contributed by atoms with E-state index in [4.69, 9.17) is 5.11 Å². The first kappa shape index (κ1) is 9.98. The van der Waals surface area contributed by atoms with Crippen LogP contribution >= 0.6 is 0 Å². The average Bonchev–Trinajstić information content (AvgIpc) is 2.52. The van der Waals surface area contributed by atoms with Gasteiger partial charge in [0.15, 0.2) is 0 Å². The van der Waals surface area contributed by atoms with Gasteiger partial charge in [0.25, 0.3) is 0 Å². The number of rotatable bonds is 3. The van der Waals surface area contributed by atoms with Gasteiger partial charge in [-0.25, -0.2) is 5.48 Å². The molecule has 0 heterocycles. The summed E-state index contributed by atoms with van der Waals surface area (Å²) >= 11 is 0. The summed E-state index contributed by atoms with van der Waals surface area (Å²) in [5, 5.41) is 8.68. The topological polar surface area (TPSA) is 75.6 Å². The van der Waals surface area contributed by atoms with Crippen LogP contribution in [0.1, 0.15) is 19.3 Å². The number of carboxylic acids is 1. The molecule has 1 aliphatic rings. The molecule has 13 heavy (non-hydrogen) atoms. The summed E-state index contributed by atoms with van der Waals surface area (Å²) in [6.07, 6.45) is 1.63. The van der Waals surface area contributed by atoms with Crippen molar-refractivity contribution in [1.82, 2.24) is 5.48 Å². The highest BCUT2D eigenvalue weighted by Crippen LogP contribution is 2.30. The highest BCUT2D eigenvalue weighted by molar-refractivity contribution is 5.79. The molecule has 0 aromatic heterocycles. The summed E-state index contributed by atoms with van der Waals surface area (Å²) in [6.45, 7) is 0. The summed E-state index contributed by atoms with van der Waals surface area (Å²) < 4.78 is 0. The van der Waals surface area contributed by atoms with Crippen LogP contribution in [0.5, 0.6) is 0 Å². The second-order valence-corrected chi connectivity index (χ2v) is 3.22. The fourth-order valence-corrected chi connectivity index (χ4v) is 1.63. The van der Waals surface area contributed by atoms with Gasteiger partial charge in [0.2, 0.25) is 5.91 Å². The molecule has 2 atom stereocenters. The van der Waals surface area contributed by atoms with Crippen LogP contribution in [0.15, 0.2) is 0 Å². The van der Waals surface area contributed by atoms with Gasteiger partial charge in [-0.05, 0) is 19.3 Å². The van der Waals surface area contributed by atoms with Crippen LogP contribution in [-0.4, -0.2) is 24.1 Å². The lowest BCUT2D eigenvalue weighted by Gasteiger charge is -2.07. The smallest absolute Gasteiger partial charge is 0.306 e. The Morgan fingerprint density at radius 1 is 1.38 bits per heavy atom. The summed E-state index contributed by atoms with van der Waals surface area (Å²) in [5.74, 6) is -1.60. The van der Waals surface area contributed by atoms with Crippen molar-refractivity contribution in [2.75, 3.05) is 7.11 Å². The van der Waals surface area contributed by atoms with E-state index in [1.54, 1.807) is 0 Å². The Morgan fingerprint density at radius 2 is 2.00 bits per heavy atom. The third-order valence-electron chi connectivity index (χ3n) is 2.36. The lowest BCUT2D eigenvalue weighted by molar-refractivity contribution is -0.141. The van der Waals surface area contributed by atoms with Crippen LogP contribution < -0.4 is 5.48 Å². The van der Waals surface area contributed by atoms with E-state index in [0.717, 1.165) is 0 Å². The predicted molar refractivity (Wildman–Crippen MR) is 43.6 cm³/mol. The number of carbonyl (C=O) groups is 2. The van der Waals surface area contributed by atoms with Crippen molar-refractivity contribution >= 4 is 11.9 Å². The molecule has 0 aliphatic heterocycles. The molecule has 1 amide bonds. The maximum Gasteiger partial charge on any atom is 0.306 e. The van der Waals surface area contributed by atoms with Crippen molar-refractivity contribution in [1.29, 1.82) is 0 Å². The maximum atomic E-state index is 11.2. The lowest BCUT2D eigenvalue weighted by Crippen LogP contribution is -2.28. The second kappa shape index (κ2) is 4.23. The summed E-state index contributed by atoms with van der Waals surface area (Å²) in [5.41, 5.74) is 2.22. The molecule has 74 valence electrons. The van der Waals surface area contributed by atoms with Crippen molar-refractivity contribution in [3.05, 3.63) is 0 Å². The molecule has 5 heteroatoms. The molecule has 5 nitrogen and oxygen atoms in total. The highest BCUT2D eigenvalue weighted by Gasteiger charge is 2.33. The minimum absolute atomic E-state index is 0.207. The van der Waals surface area contributed by atoms with E-state index < -0.39 is 5.97 Å². The summed E-state index contributed by atoms with van der Waals surface area (Å²) in [6, 6.07) is 0. The minimum Gasteiger partial charge on any atom is -0.481 e. The molecule has 0 aromatic carbocycles. The van der Waals surface area contributed by atoms with Gasteiger partial charge in [-0.15, -0.1) is 0 Å². The summed E-state index contributed by atoms with van der Waals surface area (Å²) in [7, 11) is 1.36. The van der Waals surface area contributed by atoms with Gasteiger partial charge in [-0.1, -0.05) is 0 Å². The maximum absolute atomic E-state index is 11.2. The highest BCUT2D eigenvalue weighted by atomic mass is 16.6. The number of carbonyl (C=O) groups excluding carboxylic acids is 1. The van der Waals surface area contributed by atoms with Gasteiger partial charge in [0, 0.05) is 5.92 Å². The lowest BCUT2D eigenvalue weighted by atomic mass is 10.1. The Hall–Kier alpha value is -1.10. The zero-order valence-corrected chi connectivity index (χ0v) is 7.45. The number of aliphatic carboxylic acids is 1. The quantitative estimate of drug-likeness (QED) is 0.617. The van der Waals surface area contributed by atoms with Crippen molar-refractivity contribution in [3.8, 4) is 0 Å². The average molecular weight is 187 g/mol. The van der Waals surface area contributed by atoms with Crippen LogP contribution in [0.2, 0.25) is 0 Å². The van der Waals surface area contributed by atoms with E-state index in [0.29, 0.717) is 19.3 Å².